The quantitative estimate of drug-likeness (QED) is 0.522. The van der Waals surface area contributed by atoms with Crippen molar-refractivity contribution in [3.05, 3.63) is 59.0 Å². The number of likely N-dealkylation sites (tertiary alicyclic amines) is 1. The van der Waals surface area contributed by atoms with Gasteiger partial charge in [0.25, 0.3) is 23.6 Å². The number of carbonyl (C=O) groups is 4. The number of hydrogen-bond acceptors (Lipinski definition) is 6. The molecule has 168 valence electrons. The summed E-state index contributed by atoms with van der Waals surface area (Å²) >= 11 is 0. The van der Waals surface area contributed by atoms with Crippen molar-refractivity contribution in [3.8, 4) is 0 Å². The first kappa shape index (κ1) is 21.8. The molecule has 0 spiro atoms. The van der Waals surface area contributed by atoms with E-state index in [2.05, 4.69) is 5.32 Å². The van der Waals surface area contributed by atoms with E-state index < -0.39 is 0 Å². The molecule has 3 heterocycles. The minimum atomic E-state index is -0.380. The maximum Gasteiger partial charge on any atom is 0.287 e. The maximum absolute atomic E-state index is 13.0. The fourth-order valence-electron chi connectivity index (χ4n) is 4.07. The molecule has 1 aromatic carbocycles. The molecule has 2 aliphatic rings. The molecule has 9 heteroatoms. The molecular formula is C23H25N3O6. The van der Waals surface area contributed by atoms with E-state index >= 15 is 0 Å². The van der Waals surface area contributed by atoms with Crippen molar-refractivity contribution in [2.75, 3.05) is 33.4 Å². The lowest BCUT2D eigenvalue weighted by Gasteiger charge is -2.32. The molecule has 0 saturated carbocycles. The summed E-state index contributed by atoms with van der Waals surface area (Å²) < 4.78 is 10.1. The first-order valence-corrected chi connectivity index (χ1v) is 10.6. The Morgan fingerprint density at radius 2 is 1.88 bits per heavy atom. The molecule has 32 heavy (non-hydrogen) atoms. The summed E-state index contributed by atoms with van der Waals surface area (Å²) in [6, 6.07) is 7.87. The van der Waals surface area contributed by atoms with Gasteiger partial charge in [-0.15, -0.1) is 0 Å². The second-order valence-corrected chi connectivity index (χ2v) is 7.89. The average Bonchev–Trinajstić information content (AvgIpc) is 3.43. The SMILES string of the molecule is COCCCN1C(=O)c2ccc(C(=O)N3CCC(NC(=O)c4ccco4)CC3)cc2C1=O. The van der Waals surface area contributed by atoms with Crippen molar-refractivity contribution in [2.24, 2.45) is 0 Å². The normalized spacial score (nSPS) is 16.4. The Bertz CT molecular complexity index is 1020. The van der Waals surface area contributed by atoms with Gasteiger partial charge in [0.05, 0.1) is 17.4 Å². The van der Waals surface area contributed by atoms with Crippen LogP contribution < -0.4 is 5.32 Å². The molecule has 1 fully saturated rings. The first-order valence-electron chi connectivity index (χ1n) is 10.6. The van der Waals surface area contributed by atoms with Gasteiger partial charge in [0.1, 0.15) is 0 Å². The first-order chi connectivity index (χ1) is 15.5. The van der Waals surface area contributed by atoms with Crippen LogP contribution in [0.2, 0.25) is 0 Å². The highest BCUT2D eigenvalue weighted by atomic mass is 16.5. The molecule has 0 unspecified atom stereocenters. The molecule has 9 nitrogen and oxygen atoms in total. The average molecular weight is 439 g/mol. The number of ether oxygens (including phenoxy) is 1. The molecule has 4 amide bonds. The third-order valence-corrected chi connectivity index (χ3v) is 5.81. The lowest BCUT2D eigenvalue weighted by molar-refractivity contribution is 0.0636. The zero-order valence-electron chi connectivity index (χ0n) is 17.8. The third kappa shape index (κ3) is 4.29. The Kier molecular flexibility index (Phi) is 6.36. The molecule has 2 aromatic rings. The van der Waals surface area contributed by atoms with Crippen molar-refractivity contribution < 1.29 is 28.3 Å². The summed E-state index contributed by atoms with van der Waals surface area (Å²) in [6.45, 7) is 1.69. The number of nitrogens with zero attached hydrogens (tertiary/aromatic N) is 2. The van der Waals surface area contributed by atoms with Gasteiger partial charge in [0.2, 0.25) is 0 Å². The maximum atomic E-state index is 13.0. The van der Waals surface area contributed by atoms with E-state index in [4.69, 9.17) is 9.15 Å². The van der Waals surface area contributed by atoms with Crippen molar-refractivity contribution in [1.29, 1.82) is 0 Å². The number of furan rings is 1. The summed E-state index contributed by atoms with van der Waals surface area (Å²) in [5.74, 6) is -0.918. The number of carbonyl (C=O) groups excluding carboxylic acids is 4. The molecule has 4 rings (SSSR count). The fourth-order valence-corrected chi connectivity index (χ4v) is 4.07. The van der Waals surface area contributed by atoms with E-state index in [1.165, 1.54) is 17.2 Å². The van der Waals surface area contributed by atoms with Gasteiger partial charge in [-0.2, -0.15) is 0 Å². The summed E-state index contributed by atoms with van der Waals surface area (Å²) in [7, 11) is 1.57. The summed E-state index contributed by atoms with van der Waals surface area (Å²) in [5.41, 5.74) is 0.962. The van der Waals surface area contributed by atoms with Crippen molar-refractivity contribution in [2.45, 2.75) is 25.3 Å². The van der Waals surface area contributed by atoms with Gasteiger partial charge in [0, 0.05) is 45.0 Å². The highest BCUT2D eigenvalue weighted by Gasteiger charge is 2.36. The van der Waals surface area contributed by atoms with Gasteiger partial charge in [-0.25, -0.2) is 0 Å². The van der Waals surface area contributed by atoms with Crippen LogP contribution >= 0.6 is 0 Å². The molecule has 1 aromatic heterocycles. The standard InChI is InChI=1S/C23H25N3O6/c1-31-12-3-9-26-22(29)17-6-5-15(14-18(17)23(26)30)21(28)25-10-7-16(8-11-25)24-20(27)19-4-2-13-32-19/h2,4-6,13-14,16H,3,7-12H2,1H3,(H,24,27). The number of nitrogens with one attached hydrogen (secondary N) is 1. The molecule has 0 bridgehead atoms. The predicted molar refractivity (Wildman–Crippen MR) is 113 cm³/mol. The van der Waals surface area contributed by atoms with E-state index in [0.717, 1.165) is 0 Å². The van der Waals surface area contributed by atoms with Crippen LogP contribution in [0.5, 0.6) is 0 Å². The summed E-state index contributed by atoms with van der Waals surface area (Å²) in [5, 5.41) is 2.92. The summed E-state index contributed by atoms with van der Waals surface area (Å²) in [6.07, 6.45) is 3.24. The van der Waals surface area contributed by atoms with Crippen LogP contribution in [0.3, 0.4) is 0 Å². The Morgan fingerprint density at radius 1 is 1.12 bits per heavy atom. The Labute approximate surface area is 185 Å². The number of amides is 4. The van der Waals surface area contributed by atoms with Gasteiger partial charge in [0.15, 0.2) is 5.76 Å². The van der Waals surface area contributed by atoms with E-state index in [0.29, 0.717) is 50.1 Å². The third-order valence-electron chi connectivity index (χ3n) is 5.81. The Hall–Kier alpha value is -3.46. The number of benzene rings is 1. The monoisotopic (exact) mass is 439 g/mol. The number of methoxy groups -OCH3 is 1. The smallest absolute Gasteiger partial charge is 0.287 e. The lowest BCUT2D eigenvalue weighted by atomic mass is 10.0. The molecule has 1 saturated heterocycles. The highest BCUT2D eigenvalue weighted by molar-refractivity contribution is 6.22. The Morgan fingerprint density at radius 3 is 2.56 bits per heavy atom. The topological polar surface area (TPSA) is 109 Å². The van der Waals surface area contributed by atoms with Gasteiger partial charge >= 0.3 is 0 Å². The minimum absolute atomic E-state index is 0.0449. The lowest BCUT2D eigenvalue weighted by Crippen LogP contribution is -2.46. The van der Waals surface area contributed by atoms with Crippen LogP contribution in [0, 0.1) is 0 Å². The Balaban J connectivity index is 1.37. The van der Waals surface area contributed by atoms with E-state index in [9.17, 15) is 19.2 Å². The largest absolute Gasteiger partial charge is 0.459 e. The molecular weight excluding hydrogens is 414 g/mol. The second-order valence-electron chi connectivity index (χ2n) is 7.89. The molecule has 1 N–H and O–H groups in total. The van der Waals surface area contributed by atoms with E-state index in [1.54, 1.807) is 36.3 Å². The summed E-state index contributed by atoms with van der Waals surface area (Å²) in [4.78, 5) is 53.2. The highest BCUT2D eigenvalue weighted by Crippen LogP contribution is 2.25. The number of hydrogen-bond donors (Lipinski definition) is 1. The van der Waals surface area contributed by atoms with Crippen molar-refractivity contribution >= 4 is 23.6 Å². The molecule has 0 aliphatic carbocycles. The van der Waals surface area contributed by atoms with Crippen LogP contribution in [0.25, 0.3) is 0 Å². The predicted octanol–water partition coefficient (Wildman–Crippen LogP) is 1.95. The number of imide groups is 1. The second kappa shape index (κ2) is 9.35. The molecule has 0 radical (unpaired) electrons. The molecule has 2 aliphatic heterocycles. The fraction of sp³-hybridized carbons (Fsp3) is 0.391. The van der Waals surface area contributed by atoms with Crippen molar-refractivity contribution in [1.82, 2.24) is 15.1 Å². The van der Waals surface area contributed by atoms with Crippen LogP contribution in [-0.2, 0) is 4.74 Å². The number of rotatable bonds is 7. The van der Waals surface area contributed by atoms with Gasteiger partial charge in [-0.05, 0) is 49.6 Å². The zero-order chi connectivity index (χ0) is 22.7. The minimum Gasteiger partial charge on any atom is -0.459 e. The van der Waals surface area contributed by atoms with Crippen LogP contribution in [0.15, 0.2) is 41.0 Å². The molecule has 0 atom stereocenters. The van der Waals surface area contributed by atoms with E-state index in [1.807, 2.05) is 0 Å². The van der Waals surface area contributed by atoms with Crippen molar-refractivity contribution in [3.63, 3.8) is 0 Å². The van der Waals surface area contributed by atoms with Gasteiger partial charge < -0.3 is 19.4 Å². The van der Waals surface area contributed by atoms with Crippen LogP contribution in [-0.4, -0.2) is 72.8 Å². The van der Waals surface area contributed by atoms with Gasteiger partial charge in [-0.1, -0.05) is 0 Å². The van der Waals surface area contributed by atoms with E-state index in [-0.39, 0.29) is 47.5 Å². The zero-order valence-corrected chi connectivity index (χ0v) is 17.8. The van der Waals surface area contributed by atoms with Crippen LogP contribution in [0.4, 0.5) is 0 Å². The number of fused-ring (bicyclic) bond motifs is 1. The number of piperidine rings is 1. The van der Waals surface area contributed by atoms with Gasteiger partial charge in [-0.3, -0.25) is 24.1 Å². The van der Waals surface area contributed by atoms with Crippen LogP contribution in [0.1, 0.15) is 60.9 Å².